The molecule has 0 radical (unpaired) electrons. The Kier molecular flexibility index (Phi) is 4.14. The highest BCUT2D eigenvalue weighted by Gasteiger charge is 2.17. The number of hydrogen-bond acceptors (Lipinski definition) is 5. The second-order valence-corrected chi connectivity index (χ2v) is 4.23. The molecule has 6 heteroatoms. The second-order valence-electron chi connectivity index (χ2n) is 4.23. The largest absolute Gasteiger partial charge is 0.508 e. The van der Waals surface area contributed by atoms with Gasteiger partial charge in [-0.15, -0.1) is 5.10 Å². The molecular formula is C14H15N3O3. The van der Waals surface area contributed by atoms with Gasteiger partial charge in [0.05, 0.1) is 12.2 Å². The van der Waals surface area contributed by atoms with Gasteiger partial charge in [-0.2, -0.15) is 0 Å². The van der Waals surface area contributed by atoms with Crippen LogP contribution in [-0.2, 0) is 11.3 Å². The standard InChI is InChI=1S/C14H15N3O3/c1-3-8-20-14(19)13-10(2)17(16-15-13)9-11-4-6-12(18)7-5-11/h3-7,18H,1,8-9H2,2H3. The third kappa shape index (κ3) is 3.03. The first kappa shape index (κ1) is 13.8. The van der Waals surface area contributed by atoms with Gasteiger partial charge < -0.3 is 9.84 Å². The topological polar surface area (TPSA) is 77.2 Å². The van der Waals surface area contributed by atoms with Gasteiger partial charge in [-0.3, -0.25) is 0 Å². The van der Waals surface area contributed by atoms with E-state index >= 15 is 0 Å². The lowest BCUT2D eigenvalue weighted by molar-refractivity contribution is 0.0542. The summed E-state index contributed by atoms with van der Waals surface area (Å²) in [5, 5.41) is 17.0. The maximum atomic E-state index is 11.7. The van der Waals surface area contributed by atoms with E-state index in [9.17, 15) is 9.90 Å². The first-order valence-electron chi connectivity index (χ1n) is 6.08. The zero-order valence-electron chi connectivity index (χ0n) is 11.1. The van der Waals surface area contributed by atoms with Gasteiger partial charge in [0.25, 0.3) is 0 Å². The van der Waals surface area contributed by atoms with Gasteiger partial charge in [0.2, 0.25) is 0 Å². The Hall–Kier alpha value is -2.63. The molecule has 2 aromatic rings. The van der Waals surface area contributed by atoms with Crippen molar-refractivity contribution >= 4 is 5.97 Å². The van der Waals surface area contributed by atoms with Crippen LogP contribution < -0.4 is 0 Å². The SMILES string of the molecule is C=CCOC(=O)c1nnn(Cc2ccc(O)cc2)c1C. The molecule has 0 fully saturated rings. The summed E-state index contributed by atoms with van der Waals surface area (Å²) in [5.41, 5.74) is 1.78. The molecule has 0 aliphatic rings. The fraction of sp³-hybridized carbons (Fsp3) is 0.214. The predicted octanol–water partition coefficient (Wildman–Crippen LogP) is 1.68. The van der Waals surface area contributed by atoms with Crippen LogP contribution in [0.2, 0.25) is 0 Å². The fourth-order valence-corrected chi connectivity index (χ4v) is 1.68. The molecule has 0 spiro atoms. The molecule has 0 atom stereocenters. The van der Waals surface area contributed by atoms with Gasteiger partial charge in [-0.05, 0) is 24.6 Å². The summed E-state index contributed by atoms with van der Waals surface area (Å²) >= 11 is 0. The van der Waals surface area contributed by atoms with Gasteiger partial charge in [-0.25, -0.2) is 9.48 Å². The molecule has 2 rings (SSSR count). The molecule has 0 amide bonds. The van der Waals surface area contributed by atoms with Crippen LogP contribution in [0.4, 0.5) is 0 Å². The number of rotatable bonds is 5. The Labute approximate surface area is 116 Å². The Morgan fingerprint density at radius 2 is 2.15 bits per heavy atom. The van der Waals surface area contributed by atoms with E-state index in [2.05, 4.69) is 16.9 Å². The van der Waals surface area contributed by atoms with E-state index in [1.54, 1.807) is 35.9 Å². The van der Waals surface area contributed by atoms with Crippen LogP contribution in [0.15, 0.2) is 36.9 Å². The summed E-state index contributed by atoms with van der Waals surface area (Å²) in [7, 11) is 0. The number of phenolic OH excluding ortho intramolecular Hbond substituents is 1. The number of phenols is 1. The number of esters is 1. The first-order valence-corrected chi connectivity index (χ1v) is 6.08. The molecular weight excluding hydrogens is 258 g/mol. The molecule has 1 aromatic carbocycles. The molecule has 1 aromatic heterocycles. The smallest absolute Gasteiger partial charge is 0.361 e. The van der Waals surface area contributed by atoms with E-state index in [1.165, 1.54) is 6.08 Å². The van der Waals surface area contributed by atoms with Crippen molar-refractivity contribution in [2.75, 3.05) is 6.61 Å². The zero-order chi connectivity index (χ0) is 14.5. The number of aromatic hydroxyl groups is 1. The highest BCUT2D eigenvalue weighted by Crippen LogP contribution is 2.12. The average molecular weight is 273 g/mol. The highest BCUT2D eigenvalue weighted by molar-refractivity contribution is 5.88. The Bertz CT molecular complexity index is 617. The third-order valence-corrected chi connectivity index (χ3v) is 2.78. The number of carbonyl (C=O) groups excluding carboxylic acids is 1. The molecule has 0 aliphatic carbocycles. The molecule has 20 heavy (non-hydrogen) atoms. The van der Waals surface area contributed by atoms with Crippen molar-refractivity contribution < 1.29 is 14.6 Å². The van der Waals surface area contributed by atoms with Crippen molar-refractivity contribution in [2.45, 2.75) is 13.5 Å². The van der Waals surface area contributed by atoms with E-state index < -0.39 is 5.97 Å². The average Bonchev–Trinajstić information content (AvgIpc) is 2.80. The maximum absolute atomic E-state index is 11.7. The van der Waals surface area contributed by atoms with E-state index in [1.807, 2.05) is 0 Å². The minimum atomic E-state index is -0.514. The monoisotopic (exact) mass is 273 g/mol. The summed E-state index contributed by atoms with van der Waals surface area (Å²) in [5.74, 6) is -0.308. The van der Waals surface area contributed by atoms with Crippen molar-refractivity contribution in [3.8, 4) is 5.75 Å². The van der Waals surface area contributed by atoms with E-state index in [0.29, 0.717) is 12.2 Å². The molecule has 1 N–H and O–H groups in total. The van der Waals surface area contributed by atoms with Crippen LogP contribution in [0.25, 0.3) is 0 Å². The van der Waals surface area contributed by atoms with Gasteiger partial charge in [0.15, 0.2) is 5.69 Å². The van der Waals surface area contributed by atoms with Crippen LogP contribution >= 0.6 is 0 Å². The Morgan fingerprint density at radius 1 is 1.45 bits per heavy atom. The summed E-state index contributed by atoms with van der Waals surface area (Å²) in [6.45, 7) is 5.84. The molecule has 0 saturated heterocycles. The van der Waals surface area contributed by atoms with Gasteiger partial charge >= 0.3 is 5.97 Å². The second kappa shape index (κ2) is 6.01. The number of ether oxygens (including phenoxy) is 1. The van der Waals surface area contributed by atoms with Gasteiger partial charge in [-0.1, -0.05) is 30.0 Å². The van der Waals surface area contributed by atoms with E-state index in [0.717, 1.165) is 5.56 Å². The van der Waals surface area contributed by atoms with Crippen molar-refractivity contribution in [2.24, 2.45) is 0 Å². The van der Waals surface area contributed by atoms with Crippen LogP contribution in [0.1, 0.15) is 21.7 Å². The molecule has 6 nitrogen and oxygen atoms in total. The summed E-state index contributed by atoms with van der Waals surface area (Å²) in [6, 6.07) is 6.76. The van der Waals surface area contributed by atoms with Crippen molar-refractivity contribution in [3.63, 3.8) is 0 Å². The first-order chi connectivity index (χ1) is 9.61. The third-order valence-electron chi connectivity index (χ3n) is 2.78. The van der Waals surface area contributed by atoms with Crippen LogP contribution in [-0.4, -0.2) is 32.7 Å². The molecule has 104 valence electrons. The summed E-state index contributed by atoms with van der Waals surface area (Å²) in [6.07, 6.45) is 1.49. The van der Waals surface area contributed by atoms with E-state index in [4.69, 9.17) is 4.74 Å². The normalized spacial score (nSPS) is 10.2. The van der Waals surface area contributed by atoms with E-state index in [-0.39, 0.29) is 18.1 Å². The number of hydrogen-bond donors (Lipinski definition) is 1. The molecule has 0 unspecified atom stereocenters. The number of nitrogens with zero attached hydrogens (tertiary/aromatic N) is 3. The minimum absolute atomic E-state index is 0.142. The number of carbonyl (C=O) groups is 1. The molecule has 0 bridgehead atoms. The van der Waals surface area contributed by atoms with Crippen molar-refractivity contribution in [1.82, 2.24) is 15.0 Å². The summed E-state index contributed by atoms with van der Waals surface area (Å²) in [4.78, 5) is 11.7. The molecule has 0 saturated carbocycles. The predicted molar refractivity (Wildman–Crippen MR) is 72.4 cm³/mol. The van der Waals surface area contributed by atoms with Gasteiger partial charge in [0, 0.05) is 0 Å². The Balaban J connectivity index is 2.14. The number of aromatic nitrogens is 3. The van der Waals surface area contributed by atoms with Gasteiger partial charge in [0.1, 0.15) is 12.4 Å². The number of benzene rings is 1. The fourth-order valence-electron chi connectivity index (χ4n) is 1.68. The van der Waals surface area contributed by atoms with Crippen LogP contribution in [0.3, 0.4) is 0 Å². The minimum Gasteiger partial charge on any atom is -0.508 e. The van der Waals surface area contributed by atoms with Crippen molar-refractivity contribution in [3.05, 3.63) is 53.9 Å². The lowest BCUT2D eigenvalue weighted by Crippen LogP contribution is -2.09. The van der Waals surface area contributed by atoms with Crippen molar-refractivity contribution in [1.29, 1.82) is 0 Å². The lowest BCUT2D eigenvalue weighted by Gasteiger charge is -2.04. The van der Waals surface area contributed by atoms with Crippen LogP contribution in [0.5, 0.6) is 5.75 Å². The molecule has 0 aliphatic heterocycles. The Morgan fingerprint density at radius 3 is 2.80 bits per heavy atom. The lowest BCUT2D eigenvalue weighted by atomic mass is 10.2. The van der Waals surface area contributed by atoms with Crippen LogP contribution in [0, 0.1) is 6.92 Å². The summed E-state index contributed by atoms with van der Waals surface area (Å²) < 4.78 is 6.54. The molecule has 1 heterocycles. The quantitative estimate of drug-likeness (QED) is 0.662. The zero-order valence-corrected chi connectivity index (χ0v) is 11.1. The highest BCUT2D eigenvalue weighted by atomic mass is 16.5. The maximum Gasteiger partial charge on any atom is 0.361 e.